The highest BCUT2D eigenvalue weighted by molar-refractivity contribution is 9.10. The molecule has 1 amide bonds. The molecule has 18 heavy (non-hydrogen) atoms. The van der Waals surface area contributed by atoms with Crippen molar-refractivity contribution in [3.63, 3.8) is 0 Å². The van der Waals surface area contributed by atoms with Gasteiger partial charge in [-0.2, -0.15) is 11.8 Å². The highest BCUT2D eigenvalue weighted by Crippen LogP contribution is 2.27. The molecule has 1 heterocycles. The van der Waals surface area contributed by atoms with Crippen LogP contribution >= 0.6 is 27.7 Å². The van der Waals surface area contributed by atoms with Gasteiger partial charge in [-0.15, -0.1) is 0 Å². The van der Waals surface area contributed by atoms with E-state index < -0.39 is 0 Å². The van der Waals surface area contributed by atoms with E-state index in [1.165, 1.54) is 0 Å². The van der Waals surface area contributed by atoms with Gasteiger partial charge in [-0.25, -0.2) is 0 Å². The Bertz CT molecular complexity index is 453. The van der Waals surface area contributed by atoms with Gasteiger partial charge in [-0.05, 0) is 35.0 Å². The summed E-state index contributed by atoms with van der Waals surface area (Å²) in [6.07, 6.45) is 0. The van der Waals surface area contributed by atoms with Crippen molar-refractivity contribution in [2.45, 2.75) is 31.3 Å². The Hall–Kier alpha value is -0.480. The third-order valence-corrected chi connectivity index (χ3v) is 4.98. The van der Waals surface area contributed by atoms with Crippen LogP contribution in [0.4, 0.5) is 0 Å². The number of rotatable bonds is 1. The van der Waals surface area contributed by atoms with Gasteiger partial charge in [0, 0.05) is 28.1 Å². The van der Waals surface area contributed by atoms with Crippen molar-refractivity contribution in [3.05, 3.63) is 33.8 Å². The van der Waals surface area contributed by atoms with Gasteiger partial charge in [0.1, 0.15) is 0 Å². The third kappa shape index (κ3) is 3.09. The number of hydrogen-bond acceptors (Lipinski definition) is 2. The Morgan fingerprint density at radius 2 is 1.94 bits per heavy atom. The predicted molar refractivity (Wildman–Crippen MR) is 81.3 cm³/mol. The minimum absolute atomic E-state index is 0.143. The van der Waals surface area contributed by atoms with Crippen molar-refractivity contribution < 1.29 is 4.79 Å². The first-order valence-electron chi connectivity index (χ1n) is 6.18. The Balaban J connectivity index is 2.22. The molecule has 0 aromatic heterocycles. The highest BCUT2D eigenvalue weighted by atomic mass is 79.9. The number of hydrogen-bond donors (Lipinski definition) is 0. The molecule has 4 heteroatoms. The number of nitrogens with zero attached hydrogens (tertiary/aromatic N) is 1. The zero-order valence-corrected chi connectivity index (χ0v) is 13.3. The van der Waals surface area contributed by atoms with Crippen LogP contribution in [0.15, 0.2) is 22.7 Å². The molecular weight excluding hydrogens is 310 g/mol. The molecule has 98 valence electrons. The molecule has 1 saturated heterocycles. The van der Waals surface area contributed by atoms with E-state index in [2.05, 4.69) is 29.8 Å². The first-order valence-corrected chi connectivity index (χ1v) is 7.92. The Labute approximate surface area is 121 Å². The summed E-state index contributed by atoms with van der Waals surface area (Å²) in [7, 11) is 0. The predicted octanol–water partition coefficient (Wildman–Crippen LogP) is 3.72. The summed E-state index contributed by atoms with van der Waals surface area (Å²) in [4.78, 5) is 14.5. The van der Waals surface area contributed by atoms with Crippen LogP contribution in [0.1, 0.15) is 29.8 Å². The SMILES string of the molecule is Cc1ccc(Br)c(C(=O)N2CC(C)SC(C)C2)c1. The number of carbonyl (C=O) groups excluding carboxylic acids is 1. The van der Waals surface area contributed by atoms with Gasteiger partial charge in [-0.3, -0.25) is 4.79 Å². The van der Waals surface area contributed by atoms with Gasteiger partial charge >= 0.3 is 0 Å². The quantitative estimate of drug-likeness (QED) is 0.783. The molecular formula is C14H18BrNOS. The molecule has 2 unspecified atom stereocenters. The molecule has 0 saturated carbocycles. The number of amides is 1. The van der Waals surface area contributed by atoms with E-state index in [0.29, 0.717) is 10.5 Å². The van der Waals surface area contributed by atoms with E-state index in [4.69, 9.17) is 0 Å². The van der Waals surface area contributed by atoms with Gasteiger partial charge in [-0.1, -0.05) is 25.5 Å². The van der Waals surface area contributed by atoms with Gasteiger partial charge < -0.3 is 4.90 Å². The van der Waals surface area contributed by atoms with Crippen LogP contribution in [-0.4, -0.2) is 34.4 Å². The fraction of sp³-hybridized carbons (Fsp3) is 0.500. The first-order chi connectivity index (χ1) is 8.47. The van der Waals surface area contributed by atoms with Crippen molar-refractivity contribution >= 4 is 33.6 Å². The van der Waals surface area contributed by atoms with Crippen LogP contribution in [0.25, 0.3) is 0 Å². The summed E-state index contributed by atoms with van der Waals surface area (Å²) in [5, 5.41) is 1.03. The second-order valence-electron chi connectivity index (χ2n) is 4.95. The van der Waals surface area contributed by atoms with E-state index in [1.54, 1.807) is 0 Å². The van der Waals surface area contributed by atoms with Gasteiger partial charge in [0.25, 0.3) is 5.91 Å². The van der Waals surface area contributed by atoms with E-state index in [-0.39, 0.29) is 5.91 Å². The normalized spacial score (nSPS) is 24.1. The molecule has 1 aliphatic heterocycles. The summed E-state index contributed by atoms with van der Waals surface area (Å²) >= 11 is 5.43. The van der Waals surface area contributed by atoms with Gasteiger partial charge in [0.2, 0.25) is 0 Å². The standard InChI is InChI=1S/C14H18BrNOS/c1-9-4-5-13(15)12(6-9)14(17)16-7-10(2)18-11(3)8-16/h4-6,10-11H,7-8H2,1-3H3. The number of halogens is 1. The van der Waals surface area contributed by atoms with Crippen molar-refractivity contribution in [2.75, 3.05) is 13.1 Å². The number of carbonyl (C=O) groups is 1. The molecule has 1 fully saturated rings. The second-order valence-corrected chi connectivity index (χ2v) is 7.69. The molecule has 0 bridgehead atoms. The van der Waals surface area contributed by atoms with Crippen LogP contribution in [-0.2, 0) is 0 Å². The molecule has 1 aromatic rings. The molecule has 0 spiro atoms. The zero-order valence-electron chi connectivity index (χ0n) is 10.9. The van der Waals surface area contributed by atoms with E-state index >= 15 is 0 Å². The first kappa shape index (κ1) is 13.9. The lowest BCUT2D eigenvalue weighted by atomic mass is 10.1. The number of aryl methyl sites for hydroxylation is 1. The average Bonchev–Trinajstić information content (AvgIpc) is 2.30. The number of thioether (sulfide) groups is 1. The lowest BCUT2D eigenvalue weighted by Crippen LogP contribution is -2.44. The lowest BCUT2D eigenvalue weighted by Gasteiger charge is -2.34. The molecule has 2 nitrogen and oxygen atoms in total. The van der Waals surface area contributed by atoms with Crippen LogP contribution in [0, 0.1) is 6.92 Å². The maximum Gasteiger partial charge on any atom is 0.255 e. The number of benzene rings is 1. The zero-order chi connectivity index (χ0) is 13.3. The summed E-state index contributed by atoms with van der Waals surface area (Å²) in [6.45, 7) is 8.07. The van der Waals surface area contributed by atoms with Crippen LogP contribution in [0.2, 0.25) is 0 Å². The maximum absolute atomic E-state index is 12.6. The van der Waals surface area contributed by atoms with Gasteiger partial charge in [0.05, 0.1) is 5.56 Å². The monoisotopic (exact) mass is 327 g/mol. The fourth-order valence-electron chi connectivity index (χ4n) is 2.32. The molecule has 0 radical (unpaired) electrons. The Morgan fingerprint density at radius 1 is 1.33 bits per heavy atom. The molecule has 1 aromatic carbocycles. The Kier molecular flexibility index (Phi) is 4.38. The smallest absolute Gasteiger partial charge is 0.255 e. The minimum atomic E-state index is 0.143. The van der Waals surface area contributed by atoms with Crippen molar-refractivity contribution in [1.29, 1.82) is 0 Å². The highest BCUT2D eigenvalue weighted by Gasteiger charge is 2.27. The minimum Gasteiger partial charge on any atom is -0.336 e. The largest absolute Gasteiger partial charge is 0.336 e. The van der Waals surface area contributed by atoms with Crippen LogP contribution < -0.4 is 0 Å². The molecule has 0 aliphatic carbocycles. The second kappa shape index (κ2) is 5.66. The molecule has 1 aliphatic rings. The van der Waals surface area contributed by atoms with Crippen LogP contribution in [0.3, 0.4) is 0 Å². The molecule has 2 atom stereocenters. The van der Waals surface area contributed by atoms with Crippen LogP contribution in [0.5, 0.6) is 0 Å². The molecule has 0 N–H and O–H groups in total. The average molecular weight is 328 g/mol. The summed E-state index contributed by atoms with van der Waals surface area (Å²) < 4.78 is 0.886. The van der Waals surface area contributed by atoms with E-state index in [9.17, 15) is 4.79 Å². The molecule has 2 rings (SSSR count). The summed E-state index contributed by atoms with van der Waals surface area (Å²) in [6, 6.07) is 5.93. The Morgan fingerprint density at radius 3 is 2.56 bits per heavy atom. The summed E-state index contributed by atoms with van der Waals surface area (Å²) in [5.41, 5.74) is 1.90. The third-order valence-electron chi connectivity index (χ3n) is 3.06. The van der Waals surface area contributed by atoms with Crippen molar-refractivity contribution in [1.82, 2.24) is 4.90 Å². The van der Waals surface area contributed by atoms with E-state index in [0.717, 1.165) is 28.7 Å². The lowest BCUT2D eigenvalue weighted by molar-refractivity contribution is 0.0752. The van der Waals surface area contributed by atoms with Crippen molar-refractivity contribution in [3.8, 4) is 0 Å². The van der Waals surface area contributed by atoms with E-state index in [1.807, 2.05) is 41.8 Å². The topological polar surface area (TPSA) is 20.3 Å². The summed E-state index contributed by atoms with van der Waals surface area (Å²) in [5.74, 6) is 0.143. The maximum atomic E-state index is 12.6. The van der Waals surface area contributed by atoms with Gasteiger partial charge in [0.15, 0.2) is 0 Å². The van der Waals surface area contributed by atoms with Crippen molar-refractivity contribution in [2.24, 2.45) is 0 Å². The fourth-order valence-corrected chi connectivity index (χ4v) is 4.06.